The minimum Gasteiger partial charge on any atom is -0.491 e. The van der Waals surface area contributed by atoms with Crippen LogP contribution in [-0.4, -0.2) is 37.3 Å². The number of methoxy groups -OCH3 is 1. The monoisotopic (exact) mass is 343 g/mol. The highest BCUT2D eigenvalue weighted by molar-refractivity contribution is 5.95. The molecule has 1 atom stereocenters. The summed E-state index contributed by atoms with van der Waals surface area (Å²) in [7, 11) is 1.58. The van der Waals surface area contributed by atoms with Gasteiger partial charge in [0.1, 0.15) is 12.4 Å². The van der Waals surface area contributed by atoms with Crippen LogP contribution in [0.5, 0.6) is 5.75 Å². The second-order valence-electron chi connectivity index (χ2n) is 5.40. The highest BCUT2D eigenvalue weighted by atomic mass is 16.5. The normalized spacial score (nSPS) is 11.6. The average Bonchev–Trinajstić information content (AvgIpc) is 2.62. The van der Waals surface area contributed by atoms with Crippen molar-refractivity contribution in [3.63, 3.8) is 0 Å². The summed E-state index contributed by atoms with van der Waals surface area (Å²) >= 11 is 0. The molecule has 0 saturated heterocycles. The average molecular weight is 343 g/mol. The molecule has 0 aliphatic rings. The Kier molecular flexibility index (Phi) is 6.98. The Hall–Kier alpha value is -2.86. The number of carboxylic acids is 1. The van der Waals surface area contributed by atoms with Crippen molar-refractivity contribution in [3.05, 3.63) is 65.7 Å². The lowest BCUT2D eigenvalue weighted by Gasteiger charge is -2.17. The first kappa shape index (κ1) is 18.5. The number of carbonyl (C=O) groups excluding carboxylic acids is 1. The smallest absolute Gasteiger partial charge is 0.305 e. The Bertz CT molecular complexity index is 702. The molecule has 0 aromatic heterocycles. The lowest BCUT2D eigenvalue weighted by Crippen LogP contribution is -2.30. The molecule has 25 heavy (non-hydrogen) atoms. The van der Waals surface area contributed by atoms with Crippen molar-refractivity contribution in [2.24, 2.45) is 0 Å². The van der Waals surface area contributed by atoms with E-state index >= 15 is 0 Å². The molecule has 132 valence electrons. The Morgan fingerprint density at radius 2 is 1.84 bits per heavy atom. The summed E-state index contributed by atoms with van der Waals surface area (Å²) in [6, 6.07) is 15.2. The number of hydrogen-bond donors (Lipinski definition) is 2. The highest BCUT2D eigenvalue weighted by Gasteiger charge is 2.19. The molecule has 0 radical (unpaired) electrons. The number of hydrogen-bond acceptors (Lipinski definition) is 4. The zero-order valence-corrected chi connectivity index (χ0v) is 14.0. The third-order valence-corrected chi connectivity index (χ3v) is 3.54. The third kappa shape index (κ3) is 5.93. The van der Waals surface area contributed by atoms with Gasteiger partial charge in [-0.2, -0.15) is 0 Å². The van der Waals surface area contributed by atoms with Gasteiger partial charge in [-0.15, -0.1) is 0 Å². The number of ether oxygens (including phenoxy) is 2. The number of rotatable bonds is 9. The Morgan fingerprint density at radius 3 is 2.52 bits per heavy atom. The van der Waals surface area contributed by atoms with Crippen molar-refractivity contribution in [1.29, 1.82) is 0 Å². The Labute approximate surface area is 146 Å². The maximum absolute atomic E-state index is 12.5. The molecular weight excluding hydrogens is 322 g/mol. The minimum absolute atomic E-state index is 0.195. The first-order valence-corrected chi connectivity index (χ1v) is 7.89. The van der Waals surface area contributed by atoms with Crippen LogP contribution in [0.1, 0.15) is 28.4 Å². The quantitative estimate of drug-likeness (QED) is 0.684. The number of benzene rings is 2. The van der Waals surface area contributed by atoms with Crippen molar-refractivity contribution < 1.29 is 24.2 Å². The van der Waals surface area contributed by atoms with E-state index in [0.717, 1.165) is 5.56 Å². The first-order chi connectivity index (χ1) is 12.1. The van der Waals surface area contributed by atoms with Crippen LogP contribution in [0.3, 0.4) is 0 Å². The number of carboxylic acid groups (broad SMARTS) is 1. The molecule has 0 aliphatic carbocycles. The molecule has 2 N–H and O–H groups in total. The van der Waals surface area contributed by atoms with E-state index in [4.69, 9.17) is 14.6 Å². The number of aliphatic carboxylic acids is 1. The van der Waals surface area contributed by atoms with E-state index in [-0.39, 0.29) is 12.3 Å². The van der Waals surface area contributed by atoms with E-state index in [1.54, 1.807) is 55.6 Å². The highest BCUT2D eigenvalue weighted by Crippen LogP contribution is 2.19. The molecule has 6 heteroatoms. The zero-order chi connectivity index (χ0) is 18.1. The van der Waals surface area contributed by atoms with E-state index in [9.17, 15) is 9.59 Å². The maximum Gasteiger partial charge on any atom is 0.305 e. The van der Waals surface area contributed by atoms with Gasteiger partial charge in [0.05, 0.1) is 19.1 Å². The van der Waals surface area contributed by atoms with Crippen LogP contribution in [0.4, 0.5) is 0 Å². The fourth-order valence-electron chi connectivity index (χ4n) is 2.32. The van der Waals surface area contributed by atoms with E-state index in [1.165, 1.54) is 0 Å². The molecule has 2 aromatic rings. The molecule has 2 aromatic carbocycles. The topological polar surface area (TPSA) is 84.9 Å². The van der Waals surface area contributed by atoms with Crippen LogP contribution in [0.2, 0.25) is 0 Å². The largest absolute Gasteiger partial charge is 0.491 e. The molecule has 0 bridgehead atoms. The van der Waals surface area contributed by atoms with Gasteiger partial charge in [0.15, 0.2) is 0 Å². The molecule has 1 amide bonds. The molecule has 0 heterocycles. The second kappa shape index (κ2) is 9.44. The van der Waals surface area contributed by atoms with Gasteiger partial charge >= 0.3 is 5.97 Å². The summed E-state index contributed by atoms with van der Waals surface area (Å²) in [4.78, 5) is 23.6. The van der Waals surface area contributed by atoms with Crippen molar-refractivity contribution in [2.45, 2.75) is 12.5 Å². The second-order valence-corrected chi connectivity index (χ2v) is 5.40. The maximum atomic E-state index is 12.5. The first-order valence-electron chi connectivity index (χ1n) is 7.89. The van der Waals surface area contributed by atoms with E-state index < -0.39 is 12.0 Å². The van der Waals surface area contributed by atoms with Crippen molar-refractivity contribution >= 4 is 11.9 Å². The summed E-state index contributed by atoms with van der Waals surface area (Å²) in [5, 5.41) is 11.9. The SMILES string of the molecule is COCCOc1cccc(C(=O)NC(CC(=O)O)c2ccccc2)c1. The zero-order valence-electron chi connectivity index (χ0n) is 14.0. The van der Waals surface area contributed by atoms with Gasteiger partial charge < -0.3 is 19.9 Å². The predicted octanol–water partition coefficient (Wildman–Crippen LogP) is 2.66. The van der Waals surface area contributed by atoms with E-state index in [1.807, 2.05) is 6.07 Å². The van der Waals surface area contributed by atoms with Crippen LogP contribution in [0.15, 0.2) is 54.6 Å². The molecule has 0 saturated carbocycles. The molecular formula is C19H21NO5. The summed E-state index contributed by atoms with van der Waals surface area (Å²) in [6.07, 6.45) is -0.195. The van der Waals surface area contributed by atoms with Crippen LogP contribution >= 0.6 is 0 Å². The van der Waals surface area contributed by atoms with Gasteiger partial charge in [-0.1, -0.05) is 36.4 Å². The summed E-state index contributed by atoms with van der Waals surface area (Å²) in [5.74, 6) is -0.780. The van der Waals surface area contributed by atoms with E-state index in [2.05, 4.69) is 5.32 Å². The fraction of sp³-hybridized carbons (Fsp3) is 0.263. The third-order valence-electron chi connectivity index (χ3n) is 3.54. The van der Waals surface area contributed by atoms with E-state index in [0.29, 0.717) is 24.5 Å². The van der Waals surface area contributed by atoms with Gasteiger partial charge in [-0.05, 0) is 23.8 Å². The minimum atomic E-state index is -0.981. The summed E-state index contributed by atoms with van der Waals surface area (Å²) < 4.78 is 10.4. The fourth-order valence-corrected chi connectivity index (χ4v) is 2.32. The predicted molar refractivity (Wildman–Crippen MR) is 92.7 cm³/mol. The van der Waals surface area contributed by atoms with Gasteiger partial charge in [-0.3, -0.25) is 9.59 Å². The van der Waals surface area contributed by atoms with Gasteiger partial charge in [0.2, 0.25) is 0 Å². The number of amides is 1. The van der Waals surface area contributed by atoms with Crippen LogP contribution in [-0.2, 0) is 9.53 Å². The molecule has 0 fully saturated rings. The van der Waals surface area contributed by atoms with Crippen LogP contribution in [0, 0.1) is 0 Å². The Balaban J connectivity index is 2.10. The van der Waals surface area contributed by atoms with Gasteiger partial charge in [0.25, 0.3) is 5.91 Å². The lowest BCUT2D eigenvalue weighted by molar-refractivity contribution is -0.137. The Morgan fingerprint density at radius 1 is 1.08 bits per heavy atom. The van der Waals surface area contributed by atoms with Crippen LogP contribution < -0.4 is 10.1 Å². The number of carbonyl (C=O) groups is 2. The van der Waals surface area contributed by atoms with Gasteiger partial charge in [0, 0.05) is 12.7 Å². The molecule has 0 spiro atoms. The lowest BCUT2D eigenvalue weighted by atomic mass is 10.0. The summed E-state index contributed by atoms with van der Waals surface area (Å²) in [5.41, 5.74) is 1.15. The molecule has 6 nitrogen and oxygen atoms in total. The molecule has 2 rings (SSSR count). The van der Waals surface area contributed by atoms with Crippen LogP contribution in [0.25, 0.3) is 0 Å². The molecule has 0 aliphatic heterocycles. The summed E-state index contributed by atoms with van der Waals surface area (Å²) in [6.45, 7) is 0.832. The van der Waals surface area contributed by atoms with Crippen molar-refractivity contribution in [1.82, 2.24) is 5.32 Å². The molecule has 1 unspecified atom stereocenters. The van der Waals surface area contributed by atoms with Gasteiger partial charge in [-0.25, -0.2) is 0 Å². The standard InChI is InChI=1S/C19H21NO5/c1-24-10-11-25-16-9-5-8-15(12-16)19(23)20-17(13-18(21)22)14-6-3-2-4-7-14/h2-9,12,17H,10-11,13H2,1H3,(H,20,23)(H,21,22). The van der Waals surface area contributed by atoms with Crippen molar-refractivity contribution in [2.75, 3.05) is 20.3 Å². The van der Waals surface area contributed by atoms with Crippen molar-refractivity contribution in [3.8, 4) is 5.75 Å². The number of nitrogens with one attached hydrogen (secondary N) is 1.